The zero-order valence-electron chi connectivity index (χ0n) is 14.6. The van der Waals surface area contributed by atoms with Crippen molar-refractivity contribution in [3.05, 3.63) is 45.6 Å². The van der Waals surface area contributed by atoms with Crippen LogP contribution in [0.3, 0.4) is 0 Å². The summed E-state index contributed by atoms with van der Waals surface area (Å²) in [6, 6.07) is 8.46. The van der Waals surface area contributed by atoms with Crippen LogP contribution in [-0.4, -0.2) is 26.3 Å². The number of thiophene rings is 1. The number of fused-ring (bicyclic) bond motifs is 1. The minimum Gasteiger partial charge on any atom is -0.454 e. The highest BCUT2D eigenvalue weighted by atomic mass is 32.1. The summed E-state index contributed by atoms with van der Waals surface area (Å²) in [7, 11) is 1.82. The van der Waals surface area contributed by atoms with Gasteiger partial charge in [-0.2, -0.15) is 0 Å². The van der Waals surface area contributed by atoms with Gasteiger partial charge in [-0.05, 0) is 54.5 Å². The molecular weight excluding hydrogens is 334 g/mol. The van der Waals surface area contributed by atoms with Gasteiger partial charge in [0.05, 0.1) is 6.54 Å². The van der Waals surface area contributed by atoms with Crippen LogP contribution in [0.15, 0.2) is 34.6 Å². The summed E-state index contributed by atoms with van der Waals surface area (Å²) in [6.07, 6.45) is 2.36. The monoisotopic (exact) mass is 357 g/mol. The zero-order chi connectivity index (χ0) is 17.3. The molecule has 2 heterocycles. The first-order chi connectivity index (χ1) is 12.2. The molecule has 0 atom stereocenters. The van der Waals surface area contributed by atoms with E-state index in [-0.39, 0.29) is 5.41 Å². The molecule has 1 fully saturated rings. The van der Waals surface area contributed by atoms with Crippen molar-refractivity contribution in [2.75, 3.05) is 20.4 Å². The molecule has 1 aliphatic carbocycles. The average molecular weight is 357 g/mol. The molecule has 2 aliphatic rings. The van der Waals surface area contributed by atoms with E-state index < -0.39 is 0 Å². The minimum absolute atomic E-state index is 0.178. The molecular formula is C19H23N3O2S. The van der Waals surface area contributed by atoms with E-state index >= 15 is 0 Å². The van der Waals surface area contributed by atoms with Crippen LogP contribution in [0.25, 0.3) is 0 Å². The number of nitrogens with zero attached hydrogens (tertiary/aromatic N) is 1. The molecule has 1 aromatic heterocycles. The van der Waals surface area contributed by atoms with Gasteiger partial charge in [0.1, 0.15) is 0 Å². The van der Waals surface area contributed by atoms with Gasteiger partial charge in [-0.15, -0.1) is 11.3 Å². The second-order valence-electron chi connectivity index (χ2n) is 6.65. The van der Waals surface area contributed by atoms with Gasteiger partial charge in [-0.3, -0.25) is 4.99 Å². The number of ether oxygens (including phenoxy) is 2. The molecule has 6 heteroatoms. The third-order valence-corrected chi connectivity index (χ3v) is 6.06. The number of nitrogens with one attached hydrogen (secondary N) is 2. The van der Waals surface area contributed by atoms with E-state index in [1.165, 1.54) is 28.8 Å². The van der Waals surface area contributed by atoms with Crippen LogP contribution in [-0.2, 0) is 12.0 Å². The largest absolute Gasteiger partial charge is 0.454 e. The van der Waals surface area contributed by atoms with Crippen LogP contribution in [0.2, 0.25) is 0 Å². The highest BCUT2D eigenvalue weighted by molar-refractivity contribution is 7.10. The Balaban J connectivity index is 1.37. The highest BCUT2D eigenvalue weighted by Crippen LogP contribution is 2.49. The molecule has 1 saturated carbocycles. The van der Waals surface area contributed by atoms with Crippen molar-refractivity contribution in [3.63, 3.8) is 0 Å². The molecule has 0 bridgehead atoms. The van der Waals surface area contributed by atoms with Crippen molar-refractivity contribution < 1.29 is 9.47 Å². The molecule has 2 N–H and O–H groups in total. The second-order valence-corrected chi connectivity index (χ2v) is 7.66. The first kappa shape index (κ1) is 16.3. The molecule has 25 heavy (non-hydrogen) atoms. The molecule has 1 aliphatic heterocycles. The van der Waals surface area contributed by atoms with E-state index in [4.69, 9.17) is 9.47 Å². The Bertz CT molecular complexity index is 796. The molecule has 4 rings (SSSR count). The molecule has 0 radical (unpaired) electrons. The van der Waals surface area contributed by atoms with Crippen molar-refractivity contribution in [1.29, 1.82) is 0 Å². The van der Waals surface area contributed by atoms with Crippen molar-refractivity contribution in [2.45, 2.75) is 31.7 Å². The van der Waals surface area contributed by atoms with Crippen LogP contribution in [0.4, 0.5) is 0 Å². The van der Waals surface area contributed by atoms with Gasteiger partial charge in [0.25, 0.3) is 0 Å². The molecule has 0 unspecified atom stereocenters. The number of aliphatic imine (C=N–C) groups is 1. The van der Waals surface area contributed by atoms with Gasteiger partial charge in [-0.25, -0.2) is 0 Å². The summed E-state index contributed by atoms with van der Waals surface area (Å²) in [5.74, 6) is 2.55. The molecule has 1 aromatic carbocycles. The Morgan fingerprint density at radius 1 is 1.20 bits per heavy atom. The predicted octanol–water partition coefficient (Wildman–Crippen LogP) is 3.18. The molecule has 0 saturated heterocycles. The summed E-state index contributed by atoms with van der Waals surface area (Å²) in [4.78, 5) is 5.70. The maximum atomic E-state index is 5.52. The van der Waals surface area contributed by atoms with Gasteiger partial charge in [0.15, 0.2) is 17.5 Å². The number of hydrogen-bond acceptors (Lipinski definition) is 4. The molecule has 2 aromatic rings. The van der Waals surface area contributed by atoms with Gasteiger partial charge in [0.2, 0.25) is 6.79 Å². The van der Waals surface area contributed by atoms with Gasteiger partial charge in [0, 0.05) is 23.9 Å². The third-order valence-electron chi connectivity index (χ3n) is 5.04. The predicted molar refractivity (Wildman–Crippen MR) is 101 cm³/mol. The van der Waals surface area contributed by atoms with E-state index in [9.17, 15) is 0 Å². The Morgan fingerprint density at radius 2 is 2.04 bits per heavy atom. The summed E-state index contributed by atoms with van der Waals surface area (Å²) < 4.78 is 10.9. The maximum Gasteiger partial charge on any atom is 0.231 e. The highest BCUT2D eigenvalue weighted by Gasteiger charge is 2.44. The number of rotatable bonds is 5. The van der Waals surface area contributed by atoms with Crippen LogP contribution < -0.4 is 20.1 Å². The summed E-state index contributed by atoms with van der Waals surface area (Å²) >= 11 is 1.78. The van der Waals surface area contributed by atoms with Crippen LogP contribution >= 0.6 is 11.3 Å². The second kappa shape index (κ2) is 6.59. The summed E-state index contributed by atoms with van der Waals surface area (Å²) in [5, 5.41) is 9.03. The lowest BCUT2D eigenvalue weighted by atomic mass is 9.95. The fourth-order valence-electron chi connectivity index (χ4n) is 3.17. The first-order valence-corrected chi connectivity index (χ1v) is 9.46. The molecule has 132 valence electrons. The standard InChI is InChI=1S/C19H23N3O2S/c1-13-5-8-25-17(13)10-21-18(20-2)22-11-19(6-7-19)14-3-4-15-16(9-14)24-12-23-15/h3-5,8-9H,6-7,10-12H2,1-2H3,(H2,20,21,22). The van der Waals surface area contributed by atoms with Crippen molar-refractivity contribution in [3.8, 4) is 11.5 Å². The van der Waals surface area contributed by atoms with Crippen LogP contribution in [0.5, 0.6) is 11.5 Å². The van der Waals surface area contributed by atoms with Gasteiger partial charge in [-0.1, -0.05) is 6.07 Å². The summed E-state index contributed by atoms with van der Waals surface area (Å²) in [5.41, 5.74) is 2.82. The average Bonchev–Trinajstić information content (AvgIpc) is 3.08. The Labute approximate surface area is 152 Å². The van der Waals surface area contributed by atoms with Crippen molar-refractivity contribution in [1.82, 2.24) is 10.6 Å². The smallest absolute Gasteiger partial charge is 0.231 e. The topological polar surface area (TPSA) is 54.9 Å². The lowest BCUT2D eigenvalue weighted by Gasteiger charge is -2.19. The fraction of sp³-hybridized carbons (Fsp3) is 0.421. The van der Waals surface area contributed by atoms with E-state index in [2.05, 4.69) is 46.1 Å². The maximum absolute atomic E-state index is 5.52. The lowest BCUT2D eigenvalue weighted by Crippen LogP contribution is -2.40. The van der Waals surface area contributed by atoms with E-state index in [0.717, 1.165) is 30.5 Å². The quantitative estimate of drug-likeness (QED) is 0.637. The Morgan fingerprint density at radius 3 is 2.76 bits per heavy atom. The number of aryl methyl sites for hydroxylation is 1. The molecule has 5 nitrogen and oxygen atoms in total. The third kappa shape index (κ3) is 3.31. The van der Waals surface area contributed by atoms with Crippen molar-refractivity contribution >= 4 is 17.3 Å². The van der Waals surface area contributed by atoms with Crippen LogP contribution in [0, 0.1) is 6.92 Å². The van der Waals surface area contributed by atoms with Crippen LogP contribution in [0.1, 0.15) is 28.8 Å². The summed E-state index contributed by atoms with van der Waals surface area (Å²) in [6.45, 7) is 4.14. The van der Waals surface area contributed by atoms with E-state index in [1.54, 1.807) is 11.3 Å². The van der Waals surface area contributed by atoms with Gasteiger partial charge >= 0.3 is 0 Å². The number of guanidine groups is 1. The van der Waals surface area contributed by atoms with E-state index in [1.807, 2.05) is 13.1 Å². The lowest BCUT2D eigenvalue weighted by molar-refractivity contribution is 0.174. The van der Waals surface area contributed by atoms with E-state index in [0.29, 0.717) is 6.79 Å². The first-order valence-electron chi connectivity index (χ1n) is 8.58. The minimum atomic E-state index is 0.178. The SMILES string of the molecule is CN=C(NCc1sccc1C)NCC1(c2ccc3c(c2)OCO3)CC1. The zero-order valence-corrected chi connectivity index (χ0v) is 15.4. The fourth-order valence-corrected chi connectivity index (χ4v) is 4.01. The Kier molecular flexibility index (Phi) is 4.29. The number of hydrogen-bond donors (Lipinski definition) is 2. The van der Waals surface area contributed by atoms with Crippen molar-refractivity contribution in [2.24, 2.45) is 4.99 Å². The number of benzene rings is 1. The molecule has 0 spiro atoms. The normalized spacial score (nSPS) is 17.4. The Hall–Kier alpha value is -2.21. The van der Waals surface area contributed by atoms with Gasteiger partial charge < -0.3 is 20.1 Å². The molecule has 0 amide bonds.